The van der Waals surface area contributed by atoms with Crippen LogP contribution >= 0.6 is 23.4 Å². The summed E-state index contributed by atoms with van der Waals surface area (Å²) < 4.78 is 32.5. The van der Waals surface area contributed by atoms with E-state index in [2.05, 4.69) is 6.92 Å². The quantitative estimate of drug-likeness (QED) is 0.212. The topological polar surface area (TPSA) is 73.9 Å². The van der Waals surface area contributed by atoms with Crippen molar-refractivity contribution in [3.05, 3.63) is 82.9 Å². The number of carbonyl (C=O) groups is 2. The van der Waals surface area contributed by atoms with E-state index in [4.69, 9.17) is 25.8 Å². The number of rotatable bonds is 11. The van der Waals surface area contributed by atoms with Gasteiger partial charge in [-0.3, -0.25) is 9.59 Å². The Morgan fingerprint density at radius 2 is 1.67 bits per heavy atom. The summed E-state index contributed by atoms with van der Waals surface area (Å²) in [7, 11) is 0. The Kier molecular flexibility index (Phi) is 8.38. The van der Waals surface area contributed by atoms with Gasteiger partial charge >= 0.3 is 0 Å². The molecule has 1 saturated heterocycles. The van der Waals surface area contributed by atoms with Crippen molar-refractivity contribution >= 4 is 33.7 Å². The largest absolute Gasteiger partial charge is 0.493 e. The third-order valence-electron chi connectivity index (χ3n) is 5.40. The van der Waals surface area contributed by atoms with Gasteiger partial charge in [-0.05, 0) is 60.5 Å². The lowest BCUT2D eigenvalue weighted by atomic mass is 10.1. The third-order valence-corrected chi connectivity index (χ3v) is 6.45. The molecule has 36 heavy (non-hydrogen) atoms. The second kappa shape index (κ2) is 11.7. The zero-order chi connectivity index (χ0) is 25.5. The minimum Gasteiger partial charge on any atom is -0.493 e. The first kappa shape index (κ1) is 25.9. The van der Waals surface area contributed by atoms with Crippen molar-refractivity contribution in [2.75, 3.05) is 13.2 Å². The van der Waals surface area contributed by atoms with Crippen LogP contribution in [0.25, 0.3) is 0 Å². The van der Waals surface area contributed by atoms with Crippen LogP contribution in [0.5, 0.6) is 23.0 Å². The standard InChI is InChI=1S/C27H25ClFNO5S/c1-2-7-18-16-21(35-20-8-4-3-5-9-20)11-13-23(18)33-14-6-15-34-24-12-10-19(17-22(24)28)27(29)25(31)36-26(32)30-27/h3-5,8-13,16-17H,2,6-7,14-15H2,1H3,(H,30,32). The zero-order valence-electron chi connectivity index (χ0n) is 19.6. The van der Waals surface area contributed by atoms with Crippen molar-refractivity contribution in [2.45, 2.75) is 32.0 Å². The number of aryl methyl sites for hydroxylation is 1. The molecule has 3 aromatic carbocycles. The maximum Gasteiger partial charge on any atom is 0.289 e. The van der Waals surface area contributed by atoms with E-state index >= 15 is 0 Å². The van der Waals surface area contributed by atoms with Crippen LogP contribution in [0.15, 0.2) is 66.7 Å². The molecule has 4 rings (SSSR count). The molecule has 0 bridgehead atoms. The van der Waals surface area contributed by atoms with Crippen LogP contribution in [0, 0.1) is 0 Å². The van der Waals surface area contributed by atoms with Crippen LogP contribution in [0.4, 0.5) is 9.18 Å². The molecule has 1 atom stereocenters. The lowest BCUT2D eigenvalue weighted by molar-refractivity contribution is -0.122. The van der Waals surface area contributed by atoms with Crippen LogP contribution in [0.1, 0.15) is 30.9 Å². The van der Waals surface area contributed by atoms with Gasteiger partial charge in [0.1, 0.15) is 23.0 Å². The number of thioether (sulfide) groups is 1. The van der Waals surface area contributed by atoms with Gasteiger partial charge in [0, 0.05) is 23.7 Å². The highest BCUT2D eigenvalue weighted by Gasteiger charge is 2.49. The van der Waals surface area contributed by atoms with Gasteiger partial charge in [-0.1, -0.05) is 43.1 Å². The highest BCUT2D eigenvalue weighted by Crippen LogP contribution is 2.38. The minimum absolute atomic E-state index is 0.0466. The van der Waals surface area contributed by atoms with Crippen molar-refractivity contribution in [1.29, 1.82) is 0 Å². The van der Waals surface area contributed by atoms with Gasteiger partial charge in [-0.15, -0.1) is 0 Å². The number of para-hydroxylation sites is 1. The summed E-state index contributed by atoms with van der Waals surface area (Å²) in [6.07, 6.45) is 2.42. The van der Waals surface area contributed by atoms with Crippen molar-refractivity contribution in [1.82, 2.24) is 5.32 Å². The Bertz CT molecular complexity index is 1240. The average molecular weight is 530 g/mol. The summed E-state index contributed by atoms with van der Waals surface area (Å²) >= 11 is 6.52. The fourth-order valence-corrected chi connectivity index (χ4v) is 4.57. The summed E-state index contributed by atoms with van der Waals surface area (Å²) in [4.78, 5) is 23.2. The predicted octanol–water partition coefficient (Wildman–Crippen LogP) is 7.04. The van der Waals surface area contributed by atoms with Crippen LogP contribution in [0.3, 0.4) is 0 Å². The van der Waals surface area contributed by atoms with Crippen molar-refractivity contribution in [3.63, 3.8) is 0 Å². The second-order valence-corrected chi connectivity index (χ2v) is 9.44. The maximum atomic E-state index is 14.9. The number of hydrogen-bond donors (Lipinski definition) is 1. The van der Waals surface area contributed by atoms with Crippen molar-refractivity contribution in [3.8, 4) is 23.0 Å². The van der Waals surface area contributed by atoms with Gasteiger partial charge in [-0.2, -0.15) is 0 Å². The molecular formula is C27H25ClFNO5S. The van der Waals surface area contributed by atoms with E-state index in [0.717, 1.165) is 35.7 Å². The van der Waals surface area contributed by atoms with E-state index in [0.29, 0.717) is 37.1 Å². The van der Waals surface area contributed by atoms with Crippen molar-refractivity contribution < 1.29 is 28.2 Å². The summed E-state index contributed by atoms with van der Waals surface area (Å²) in [5.74, 6) is 0.0930. The molecular weight excluding hydrogens is 505 g/mol. The highest BCUT2D eigenvalue weighted by molar-refractivity contribution is 8.26. The molecule has 3 aromatic rings. The molecule has 0 radical (unpaired) electrons. The van der Waals surface area contributed by atoms with Gasteiger partial charge in [0.25, 0.3) is 16.1 Å². The number of halogens is 2. The van der Waals surface area contributed by atoms with Gasteiger partial charge < -0.3 is 19.5 Å². The monoisotopic (exact) mass is 529 g/mol. The summed E-state index contributed by atoms with van der Waals surface area (Å²) in [6, 6.07) is 19.5. The average Bonchev–Trinajstić information content (AvgIpc) is 3.13. The van der Waals surface area contributed by atoms with Crippen LogP contribution in [-0.4, -0.2) is 23.6 Å². The van der Waals surface area contributed by atoms with E-state index in [1.54, 1.807) is 0 Å². The molecule has 1 aliphatic heterocycles. The number of carbonyl (C=O) groups excluding carboxylic acids is 2. The van der Waals surface area contributed by atoms with Gasteiger partial charge in [0.15, 0.2) is 0 Å². The minimum atomic E-state index is -2.59. The number of nitrogens with one attached hydrogen (secondary N) is 1. The predicted molar refractivity (Wildman–Crippen MR) is 138 cm³/mol. The molecule has 0 saturated carbocycles. The molecule has 1 amide bonds. The fourth-order valence-electron chi connectivity index (χ4n) is 3.67. The zero-order valence-corrected chi connectivity index (χ0v) is 21.2. The summed E-state index contributed by atoms with van der Waals surface area (Å²) in [5.41, 5.74) is 1.02. The first-order valence-electron chi connectivity index (χ1n) is 11.5. The van der Waals surface area contributed by atoms with Crippen LogP contribution in [0.2, 0.25) is 5.02 Å². The van der Waals surface area contributed by atoms with Gasteiger partial charge in [0.2, 0.25) is 0 Å². The Labute approximate surface area is 218 Å². The Morgan fingerprint density at radius 1 is 0.944 bits per heavy atom. The van der Waals surface area contributed by atoms with Crippen LogP contribution < -0.4 is 19.5 Å². The molecule has 1 aliphatic rings. The highest BCUT2D eigenvalue weighted by atomic mass is 35.5. The van der Waals surface area contributed by atoms with E-state index in [1.807, 2.05) is 53.8 Å². The first-order valence-corrected chi connectivity index (χ1v) is 12.7. The fraction of sp³-hybridized carbons (Fsp3) is 0.259. The first-order chi connectivity index (χ1) is 17.4. The SMILES string of the molecule is CCCc1cc(Oc2ccccc2)ccc1OCCCOc1ccc(C2(F)NC(=O)SC2=O)cc1Cl. The number of amides is 1. The van der Waals surface area contributed by atoms with E-state index in [1.165, 1.54) is 18.2 Å². The number of hydrogen-bond acceptors (Lipinski definition) is 6. The molecule has 188 valence electrons. The molecule has 0 aliphatic carbocycles. The van der Waals surface area contributed by atoms with E-state index in [9.17, 15) is 14.0 Å². The molecule has 9 heteroatoms. The molecule has 6 nitrogen and oxygen atoms in total. The molecule has 1 heterocycles. The smallest absolute Gasteiger partial charge is 0.289 e. The molecule has 1 fully saturated rings. The maximum absolute atomic E-state index is 14.9. The Balaban J connectivity index is 1.29. The third kappa shape index (κ3) is 6.12. The summed E-state index contributed by atoms with van der Waals surface area (Å²) in [6.45, 7) is 2.86. The Morgan fingerprint density at radius 3 is 2.33 bits per heavy atom. The summed E-state index contributed by atoms with van der Waals surface area (Å²) in [5, 5.41) is 0.517. The molecule has 1 unspecified atom stereocenters. The van der Waals surface area contributed by atoms with Gasteiger partial charge in [0.05, 0.1) is 18.2 Å². The molecule has 1 N–H and O–H groups in total. The van der Waals surface area contributed by atoms with Crippen LogP contribution in [-0.2, 0) is 17.0 Å². The van der Waals surface area contributed by atoms with Crippen molar-refractivity contribution in [2.24, 2.45) is 0 Å². The lowest BCUT2D eigenvalue weighted by Gasteiger charge is -2.18. The second-order valence-electron chi connectivity index (χ2n) is 8.09. The number of ether oxygens (including phenoxy) is 3. The van der Waals surface area contributed by atoms with E-state index < -0.39 is 16.1 Å². The van der Waals surface area contributed by atoms with Gasteiger partial charge in [-0.25, -0.2) is 4.39 Å². The number of alkyl halides is 1. The van der Waals surface area contributed by atoms with E-state index in [-0.39, 0.29) is 10.6 Å². The number of benzene rings is 3. The molecule has 0 aromatic heterocycles. The Hall–Kier alpha value is -3.23. The lowest BCUT2D eigenvalue weighted by Crippen LogP contribution is -2.38. The normalized spacial score (nSPS) is 17.1. The molecule has 0 spiro atoms.